The number of rotatable bonds is 5. The van der Waals surface area contributed by atoms with Crippen LogP contribution in [0.5, 0.6) is 17.4 Å². The third-order valence-corrected chi connectivity index (χ3v) is 3.48. The summed E-state index contributed by atoms with van der Waals surface area (Å²) in [5, 5.41) is 21.8. The zero-order valence-electron chi connectivity index (χ0n) is 13.3. The van der Waals surface area contributed by atoms with Gasteiger partial charge in [0.2, 0.25) is 5.88 Å². The van der Waals surface area contributed by atoms with Gasteiger partial charge in [0.1, 0.15) is 18.1 Å². The molecule has 0 unspecified atom stereocenters. The molecule has 0 radical (unpaired) electrons. The minimum Gasteiger partial charge on any atom is -0.505 e. The molecule has 3 N–H and O–H groups in total. The number of halogens is 1. The molecule has 1 heterocycles. The van der Waals surface area contributed by atoms with Crippen molar-refractivity contribution in [3.63, 3.8) is 0 Å². The summed E-state index contributed by atoms with van der Waals surface area (Å²) in [7, 11) is 0. The second-order valence-corrected chi connectivity index (χ2v) is 5.30. The molecule has 0 atom stereocenters. The maximum atomic E-state index is 13.4. The first-order chi connectivity index (χ1) is 12.5. The number of benzene rings is 2. The highest BCUT2D eigenvalue weighted by molar-refractivity contribution is 6.03. The van der Waals surface area contributed by atoms with E-state index in [-0.39, 0.29) is 17.0 Å². The largest absolute Gasteiger partial charge is 0.505 e. The Morgan fingerprint density at radius 2 is 1.85 bits per heavy atom. The number of carboxylic acid groups (broad SMARTS) is 1. The summed E-state index contributed by atoms with van der Waals surface area (Å²) in [6.07, 6.45) is 0. The topological polar surface area (TPSA) is 109 Å². The molecule has 0 aliphatic heterocycles. The molecule has 132 valence electrons. The van der Waals surface area contributed by atoms with Crippen molar-refractivity contribution in [3.8, 4) is 17.4 Å². The molecule has 0 aliphatic rings. The lowest BCUT2D eigenvalue weighted by molar-refractivity contribution is -0.135. The summed E-state index contributed by atoms with van der Waals surface area (Å²) in [4.78, 5) is 26.8. The van der Waals surface area contributed by atoms with Gasteiger partial charge in [-0.05, 0) is 18.2 Å². The van der Waals surface area contributed by atoms with Crippen LogP contribution in [0.3, 0.4) is 0 Å². The molecule has 0 spiro atoms. The van der Waals surface area contributed by atoms with Gasteiger partial charge < -0.3 is 20.3 Å². The highest BCUT2D eigenvalue weighted by atomic mass is 19.1. The molecule has 7 nitrogen and oxygen atoms in total. The third kappa shape index (κ3) is 3.54. The Bertz CT molecular complexity index is 1010. The van der Waals surface area contributed by atoms with Gasteiger partial charge in [-0.1, -0.05) is 24.3 Å². The standard InChI is InChI=1S/C18H13FN2O5/c19-10-4-3-5-11(8-10)26-18-13-7-2-1-6-12(13)16(24)15(21-18)17(25)20-9-14(22)23/h1-8,24H,9H2,(H,20,25)(H,22,23). The number of pyridine rings is 1. The molecule has 0 fully saturated rings. The smallest absolute Gasteiger partial charge is 0.322 e. The van der Waals surface area contributed by atoms with E-state index >= 15 is 0 Å². The van der Waals surface area contributed by atoms with Gasteiger partial charge >= 0.3 is 5.97 Å². The van der Waals surface area contributed by atoms with Crippen molar-refractivity contribution in [2.75, 3.05) is 6.54 Å². The number of fused-ring (bicyclic) bond motifs is 1. The maximum Gasteiger partial charge on any atom is 0.322 e. The van der Waals surface area contributed by atoms with Crippen molar-refractivity contribution in [1.29, 1.82) is 0 Å². The van der Waals surface area contributed by atoms with E-state index in [4.69, 9.17) is 9.84 Å². The van der Waals surface area contributed by atoms with Gasteiger partial charge in [0, 0.05) is 16.8 Å². The Labute approximate surface area is 146 Å². The van der Waals surface area contributed by atoms with E-state index in [0.717, 1.165) is 6.07 Å². The first-order valence-electron chi connectivity index (χ1n) is 7.51. The molecule has 0 saturated heterocycles. The molecule has 2 aromatic carbocycles. The molecule has 3 aromatic rings. The van der Waals surface area contributed by atoms with Crippen molar-refractivity contribution in [3.05, 3.63) is 60.0 Å². The molecule has 0 bridgehead atoms. The zero-order chi connectivity index (χ0) is 18.7. The lowest BCUT2D eigenvalue weighted by Crippen LogP contribution is -2.30. The average Bonchev–Trinajstić information content (AvgIpc) is 2.62. The quantitative estimate of drug-likeness (QED) is 0.649. The van der Waals surface area contributed by atoms with Crippen LogP contribution in [0.1, 0.15) is 10.5 Å². The van der Waals surface area contributed by atoms with Crippen LogP contribution in [-0.2, 0) is 4.79 Å². The lowest BCUT2D eigenvalue weighted by atomic mass is 10.1. The number of carbonyl (C=O) groups is 2. The van der Waals surface area contributed by atoms with Crippen molar-refractivity contribution in [2.24, 2.45) is 0 Å². The molecule has 1 aromatic heterocycles. The highest BCUT2D eigenvalue weighted by Gasteiger charge is 2.20. The van der Waals surface area contributed by atoms with Crippen LogP contribution in [-0.4, -0.2) is 33.6 Å². The summed E-state index contributed by atoms with van der Waals surface area (Å²) >= 11 is 0. The summed E-state index contributed by atoms with van der Waals surface area (Å²) in [5.41, 5.74) is -0.392. The van der Waals surface area contributed by atoms with E-state index in [9.17, 15) is 19.1 Å². The van der Waals surface area contributed by atoms with Gasteiger partial charge in [-0.15, -0.1) is 0 Å². The number of aliphatic carboxylic acids is 1. The number of nitrogens with zero attached hydrogens (tertiary/aromatic N) is 1. The number of hydrogen-bond donors (Lipinski definition) is 3. The normalized spacial score (nSPS) is 10.5. The Kier molecular flexibility index (Phi) is 4.66. The molecule has 0 saturated carbocycles. The fourth-order valence-electron chi connectivity index (χ4n) is 2.34. The Hall–Kier alpha value is -3.68. The van der Waals surface area contributed by atoms with Gasteiger partial charge in [-0.2, -0.15) is 0 Å². The van der Waals surface area contributed by atoms with Gasteiger partial charge in [0.25, 0.3) is 5.91 Å². The minimum atomic E-state index is -1.24. The van der Waals surface area contributed by atoms with Crippen LogP contribution in [0.4, 0.5) is 4.39 Å². The lowest BCUT2D eigenvalue weighted by Gasteiger charge is -2.12. The van der Waals surface area contributed by atoms with Crippen molar-refractivity contribution < 1.29 is 28.9 Å². The second-order valence-electron chi connectivity index (χ2n) is 5.30. The molecule has 26 heavy (non-hydrogen) atoms. The minimum absolute atomic E-state index is 0.0236. The number of aromatic hydroxyl groups is 1. The fraction of sp³-hybridized carbons (Fsp3) is 0.0556. The first-order valence-corrected chi connectivity index (χ1v) is 7.51. The van der Waals surface area contributed by atoms with E-state index in [0.29, 0.717) is 5.39 Å². The summed E-state index contributed by atoms with van der Waals surface area (Å²) in [5.74, 6) is -2.90. The number of nitrogens with one attached hydrogen (secondary N) is 1. The van der Waals surface area contributed by atoms with Crippen LogP contribution in [0.15, 0.2) is 48.5 Å². The highest BCUT2D eigenvalue weighted by Crippen LogP contribution is 2.35. The van der Waals surface area contributed by atoms with Gasteiger partial charge in [0.15, 0.2) is 11.4 Å². The van der Waals surface area contributed by atoms with Crippen molar-refractivity contribution in [2.45, 2.75) is 0 Å². The average molecular weight is 356 g/mol. The molecular formula is C18H13FN2O5. The van der Waals surface area contributed by atoms with Crippen LogP contribution < -0.4 is 10.1 Å². The third-order valence-electron chi connectivity index (χ3n) is 3.48. The number of hydrogen-bond acceptors (Lipinski definition) is 5. The summed E-state index contributed by atoms with van der Waals surface area (Å²) < 4.78 is 19.0. The molecule has 8 heteroatoms. The van der Waals surface area contributed by atoms with Gasteiger partial charge in [-0.25, -0.2) is 9.37 Å². The van der Waals surface area contributed by atoms with E-state index in [1.165, 1.54) is 18.2 Å². The number of carboxylic acids is 1. The molecule has 0 aliphatic carbocycles. The van der Waals surface area contributed by atoms with E-state index in [1.54, 1.807) is 24.3 Å². The Balaban J connectivity index is 2.08. The number of aromatic nitrogens is 1. The number of ether oxygens (including phenoxy) is 1. The molecule has 1 amide bonds. The van der Waals surface area contributed by atoms with Crippen molar-refractivity contribution >= 4 is 22.6 Å². The van der Waals surface area contributed by atoms with E-state index in [2.05, 4.69) is 10.3 Å². The SMILES string of the molecule is O=C(O)CNC(=O)c1nc(Oc2cccc(F)c2)c2ccccc2c1O. The first kappa shape index (κ1) is 17.2. The number of amides is 1. The maximum absolute atomic E-state index is 13.4. The van der Waals surface area contributed by atoms with Crippen LogP contribution in [0, 0.1) is 5.82 Å². The number of carbonyl (C=O) groups excluding carboxylic acids is 1. The van der Waals surface area contributed by atoms with Crippen LogP contribution in [0.25, 0.3) is 10.8 Å². The van der Waals surface area contributed by atoms with Crippen LogP contribution >= 0.6 is 0 Å². The van der Waals surface area contributed by atoms with E-state index < -0.39 is 35.7 Å². The van der Waals surface area contributed by atoms with Crippen LogP contribution in [0.2, 0.25) is 0 Å². The predicted octanol–water partition coefficient (Wildman–Crippen LogP) is 2.69. The van der Waals surface area contributed by atoms with Gasteiger partial charge in [0.05, 0.1) is 0 Å². The fourth-order valence-corrected chi connectivity index (χ4v) is 2.34. The predicted molar refractivity (Wildman–Crippen MR) is 89.9 cm³/mol. The summed E-state index contributed by atoms with van der Waals surface area (Å²) in [6.45, 7) is -0.632. The Morgan fingerprint density at radius 3 is 2.54 bits per heavy atom. The monoisotopic (exact) mass is 356 g/mol. The molecular weight excluding hydrogens is 343 g/mol. The Morgan fingerprint density at radius 1 is 1.12 bits per heavy atom. The van der Waals surface area contributed by atoms with Gasteiger partial charge in [-0.3, -0.25) is 9.59 Å². The van der Waals surface area contributed by atoms with Crippen molar-refractivity contribution in [1.82, 2.24) is 10.3 Å². The zero-order valence-corrected chi connectivity index (χ0v) is 13.3. The van der Waals surface area contributed by atoms with E-state index in [1.807, 2.05) is 0 Å². The molecule has 3 rings (SSSR count). The summed E-state index contributed by atoms with van der Waals surface area (Å²) in [6, 6.07) is 11.9. The second kappa shape index (κ2) is 7.06.